The molecule has 1 atom stereocenters. The number of likely N-dealkylation sites (N-methyl/N-ethyl adjacent to an activating group) is 1. The summed E-state index contributed by atoms with van der Waals surface area (Å²) in [6.07, 6.45) is 1.12. The summed E-state index contributed by atoms with van der Waals surface area (Å²) in [6.45, 7) is 21.0. The van der Waals surface area contributed by atoms with Crippen molar-refractivity contribution in [3.05, 3.63) is 0 Å². The van der Waals surface area contributed by atoms with Crippen LogP contribution in [0.25, 0.3) is 0 Å². The molecule has 0 aliphatic carbocycles. The number of ether oxygens (including phenoxy) is 1. The number of halogens is 1. The second kappa shape index (κ2) is 15.9. The van der Waals surface area contributed by atoms with Crippen molar-refractivity contribution in [3.63, 3.8) is 0 Å². The van der Waals surface area contributed by atoms with Gasteiger partial charge in [0.05, 0.1) is 13.2 Å². The number of hydrogen-bond donors (Lipinski definition) is 2. The van der Waals surface area contributed by atoms with Gasteiger partial charge in [-0.25, -0.2) is 0 Å². The summed E-state index contributed by atoms with van der Waals surface area (Å²) in [7, 11) is 0. The standard InChI is InChI=1S/C19H41N5O.HI/c1-6-20-19(21-9-15-25-14-8-17(3)4)22-16-18(5)24-12-10-23(7-2)11-13-24;/h17-18H,6-16H2,1-5H3,(H2,20,21,22);1H. The van der Waals surface area contributed by atoms with Gasteiger partial charge in [0.1, 0.15) is 0 Å². The van der Waals surface area contributed by atoms with Crippen LogP contribution in [0.1, 0.15) is 41.0 Å². The predicted molar refractivity (Wildman–Crippen MR) is 123 cm³/mol. The van der Waals surface area contributed by atoms with E-state index >= 15 is 0 Å². The lowest BCUT2D eigenvalue weighted by atomic mass is 10.1. The second-order valence-electron chi connectivity index (χ2n) is 7.26. The van der Waals surface area contributed by atoms with Gasteiger partial charge in [-0.15, -0.1) is 24.0 Å². The highest BCUT2D eigenvalue weighted by Gasteiger charge is 2.19. The Balaban J connectivity index is 0.00000625. The Labute approximate surface area is 178 Å². The Morgan fingerprint density at radius 2 is 1.73 bits per heavy atom. The van der Waals surface area contributed by atoms with Crippen molar-refractivity contribution < 1.29 is 4.74 Å². The maximum absolute atomic E-state index is 5.66. The average Bonchev–Trinajstić information content (AvgIpc) is 2.62. The van der Waals surface area contributed by atoms with Crippen LogP contribution < -0.4 is 10.6 Å². The molecule has 0 aromatic rings. The lowest BCUT2D eigenvalue weighted by Crippen LogP contribution is -2.50. The molecule has 0 radical (unpaired) electrons. The van der Waals surface area contributed by atoms with Gasteiger partial charge in [0.15, 0.2) is 5.96 Å². The van der Waals surface area contributed by atoms with Crippen LogP contribution in [0, 0.1) is 5.92 Å². The van der Waals surface area contributed by atoms with E-state index in [1.165, 1.54) is 13.1 Å². The third-order valence-electron chi connectivity index (χ3n) is 4.71. The fourth-order valence-electron chi connectivity index (χ4n) is 2.86. The van der Waals surface area contributed by atoms with Gasteiger partial charge in [-0.1, -0.05) is 20.8 Å². The smallest absolute Gasteiger partial charge is 0.191 e. The van der Waals surface area contributed by atoms with E-state index in [9.17, 15) is 0 Å². The highest BCUT2D eigenvalue weighted by atomic mass is 127. The highest BCUT2D eigenvalue weighted by Crippen LogP contribution is 2.06. The van der Waals surface area contributed by atoms with Crippen LogP contribution in [0.2, 0.25) is 0 Å². The van der Waals surface area contributed by atoms with E-state index in [0.717, 1.165) is 64.9 Å². The lowest BCUT2D eigenvalue weighted by Gasteiger charge is -2.37. The Morgan fingerprint density at radius 3 is 2.31 bits per heavy atom. The van der Waals surface area contributed by atoms with Crippen molar-refractivity contribution >= 4 is 29.9 Å². The molecule has 0 aromatic carbocycles. The van der Waals surface area contributed by atoms with E-state index in [4.69, 9.17) is 9.73 Å². The Kier molecular flexibility index (Phi) is 15.8. The van der Waals surface area contributed by atoms with Crippen LogP contribution in [0.15, 0.2) is 4.99 Å². The first-order chi connectivity index (χ1) is 12.1. The number of guanidine groups is 1. The number of hydrogen-bond acceptors (Lipinski definition) is 4. The zero-order chi connectivity index (χ0) is 18.5. The first-order valence-electron chi connectivity index (χ1n) is 10.1. The van der Waals surface area contributed by atoms with Crippen molar-refractivity contribution in [1.82, 2.24) is 20.4 Å². The molecule has 0 saturated carbocycles. The predicted octanol–water partition coefficient (Wildman–Crippen LogP) is 2.25. The highest BCUT2D eigenvalue weighted by molar-refractivity contribution is 14.0. The first-order valence-corrected chi connectivity index (χ1v) is 10.1. The van der Waals surface area contributed by atoms with E-state index < -0.39 is 0 Å². The van der Waals surface area contributed by atoms with Crippen LogP contribution in [-0.2, 0) is 4.74 Å². The molecule has 0 aromatic heterocycles. The van der Waals surface area contributed by atoms with E-state index in [0.29, 0.717) is 12.0 Å². The summed E-state index contributed by atoms with van der Waals surface area (Å²) >= 11 is 0. The monoisotopic (exact) mass is 483 g/mol. The van der Waals surface area contributed by atoms with Gasteiger partial charge in [-0.05, 0) is 32.7 Å². The summed E-state index contributed by atoms with van der Waals surface area (Å²) in [6, 6.07) is 0.483. The van der Waals surface area contributed by atoms with E-state index in [1.807, 2.05) is 0 Å². The molecule has 1 fully saturated rings. The summed E-state index contributed by atoms with van der Waals surface area (Å²) < 4.78 is 5.66. The zero-order valence-corrected chi connectivity index (χ0v) is 19.9. The van der Waals surface area contributed by atoms with Gasteiger partial charge in [0, 0.05) is 51.9 Å². The quantitative estimate of drug-likeness (QED) is 0.204. The molecular formula is C19H42IN5O. The second-order valence-corrected chi connectivity index (χ2v) is 7.26. The van der Waals surface area contributed by atoms with E-state index in [2.05, 4.69) is 55.1 Å². The number of nitrogens with one attached hydrogen (secondary N) is 2. The summed E-state index contributed by atoms with van der Waals surface area (Å²) in [5, 5.41) is 6.69. The fourth-order valence-corrected chi connectivity index (χ4v) is 2.86. The van der Waals surface area contributed by atoms with Gasteiger partial charge in [0.25, 0.3) is 0 Å². The Bertz CT molecular complexity index is 360. The number of rotatable bonds is 11. The van der Waals surface area contributed by atoms with Gasteiger partial charge < -0.3 is 20.3 Å². The maximum atomic E-state index is 5.66. The van der Waals surface area contributed by atoms with Gasteiger partial charge >= 0.3 is 0 Å². The fraction of sp³-hybridized carbons (Fsp3) is 0.947. The molecular weight excluding hydrogens is 441 g/mol. The zero-order valence-electron chi connectivity index (χ0n) is 17.6. The minimum Gasteiger partial charge on any atom is -0.380 e. The van der Waals surface area contributed by atoms with Crippen molar-refractivity contribution in [2.45, 2.75) is 47.1 Å². The average molecular weight is 483 g/mol. The van der Waals surface area contributed by atoms with Crippen molar-refractivity contribution in [2.75, 3.05) is 65.6 Å². The molecule has 26 heavy (non-hydrogen) atoms. The third-order valence-corrected chi connectivity index (χ3v) is 4.71. The summed E-state index contributed by atoms with van der Waals surface area (Å²) in [5.74, 6) is 1.60. The van der Waals surface area contributed by atoms with Crippen molar-refractivity contribution in [3.8, 4) is 0 Å². The number of nitrogens with zero attached hydrogens (tertiary/aromatic N) is 3. The minimum absolute atomic E-state index is 0. The van der Waals surface area contributed by atoms with Crippen LogP contribution in [0.3, 0.4) is 0 Å². The molecule has 0 amide bonds. The van der Waals surface area contributed by atoms with Crippen LogP contribution in [0.5, 0.6) is 0 Å². The topological polar surface area (TPSA) is 52.1 Å². The molecule has 156 valence electrons. The Morgan fingerprint density at radius 1 is 1.04 bits per heavy atom. The van der Waals surface area contributed by atoms with Gasteiger partial charge in [-0.2, -0.15) is 0 Å². The molecule has 1 rings (SSSR count). The molecule has 1 aliphatic heterocycles. The van der Waals surface area contributed by atoms with Crippen LogP contribution >= 0.6 is 24.0 Å². The molecule has 0 spiro atoms. The van der Waals surface area contributed by atoms with Crippen LogP contribution in [-0.4, -0.2) is 87.4 Å². The molecule has 1 saturated heterocycles. The molecule has 1 aliphatic rings. The van der Waals surface area contributed by atoms with Gasteiger partial charge in [-0.3, -0.25) is 9.89 Å². The van der Waals surface area contributed by atoms with Crippen molar-refractivity contribution in [1.29, 1.82) is 0 Å². The van der Waals surface area contributed by atoms with Gasteiger partial charge in [0.2, 0.25) is 0 Å². The van der Waals surface area contributed by atoms with E-state index in [-0.39, 0.29) is 24.0 Å². The van der Waals surface area contributed by atoms with E-state index in [1.54, 1.807) is 0 Å². The van der Waals surface area contributed by atoms with Crippen LogP contribution in [0.4, 0.5) is 0 Å². The minimum atomic E-state index is 0. The maximum Gasteiger partial charge on any atom is 0.191 e. The molecule has 0 bridgehead atoms. The third kappa shape index (κ3) is 11.6. The molecule has 1 heterocycles. The Hall–Kier alpha value is -0.120. The molecule has 6 nitrogen and oxygen atoms in total. The first kappa shape index (κ1) is 25.9. The number of piperazine rings is 1. The normalized spacial score (nSPS) is 17.8. The molecule has 1 unspecified atom stereocenters. The summed E-state index contributed by atoms with van der Waals surface area (Å²) in [4.78, 5) is 9.82. The van der Waals surface area contributed by atoms with Crippen molar-refractivity contribution in [2.24, 2.45) is 10.9 Å². The largest absolute Gasteiger partial charge is 0.380 e. The SMILES string of the molecule is CCNC(=NCC(C)N1CCN(CC)CC1)NCCOCCC(C)C.I. The molecule has 7 heteroatoms. The molecule has 2 N–H and O–H groups in total. The summed E-state index contributed by atoms with van der Waals surface area (Å²) in [5.41, 5.74) is 0. The lowest BCUT2D eigenvalue weighted by molar-refractivity contribution is 0.109. The number of aliphatic imine (C=N–C) groups is 1.